The summed E-state index contributed by atoms with van der Waals surface area (Å²) in [6.07, 6.45) is 3.91. The summed E-state index contributed by atoms with van der Waals surface area (Å²) in [5, 5.41) is 8.51. The van der Waals surface area contributed by atoms with E-state index < -0.39 is 9.84 Å². The molecule has 0 aliphatic heterocycles. The molecule has 0 spiro atoms. The van der Waals surface area contributed by atoms with Crippen LogP contribution in [0.4, 0.5) is 0 Å². The van der Waals surface area contributed by atoms with Gasteiger partial charge in [-0.2, -0.15) is 5.26 Å². The summed E-state index contributed by atoms with van der Waals surface area (Å²) in [5.74, 6) is 0. The van der Waals surface area contributed by atoms with Crippen LogP contribution in [0.25, 0.3) is 0 Å². The average Bonchev–Trinajstić information content (AvgIpc) is 2.35. The first kappa shape index (κ1) is 14.0. The second-order valence-corrected chi connectivity index (χ2v) is 5.72. The third-order valence-corrected chi connectivity index (χ3v) is 3.83. The number of nitriles is 1. The minimum atomic E-state index is -3.59. The van der Waals surface area contributed by atoms with Crippen molar-refractivity contribution in [1.82, 2.24) is 4.90 Å². The molecule has 5 heteroatoms. The minimum absolute atomic E-state index is 0.0836. The van der Waals surface area contributed by atoms with E-state index in [1.165, 1.54) is 24.4 Å². The second-order valence-electron chi connectivity index (χ2n) is 3.77. The summed E-state index contributed by atoms with van der Waals surface area (Å²) in [6, 6.07) is 9.92. The van der Waals surface area contributed by atoms with E-state index >= 15 is 0 Å². The van der Waals surface area contributed by atoms with Crippen LogP contribution in [-0.4, -0.2) is 27.4 Å². The third-order valence-electron chi connectivity index (χ3n) is 2.07. The SMILES string of the molecule is CN(C)C=C(C=CC#N)S(=O)(=O)c1ccccc1. The molecule has 1 aromatic rings. The number of allylic oxidation sites excluding steroid dienone is 2. The van der Waals surface area contributed by atoms with Crippen LogP contribution in [0.3, 0.4) is 0 Å². The van der Waals surface area contributed by atoms with Crippen LogP contribution in [-0.2, 0) is 9.84 Å². The summed E-state index contributed by atoms with van der Waals surface area (Å²) in [6.45, 7) is 0. The average molecular weight is 262 g/mol. The maximum atomic E-state index is 12.3. The van der Waals surface area contributed by atoms with Gasteiger partial charge in [-0.05, 0) is 18.2 Å². The highest BCUT2D eigenvalue weighted by molar-refractivity contribution is 7.95. The predicted octanol–water partition coefficient (Wildman–Crippen LogP) is 1.94. The molecule has 0 aromatic heterocycles. The Morgan fingerprint density at radius 2 is 1.89 bits per heavy atom. The molecule has 0 fully saturated rings. The standard InChI is InChI=1S/C13H14N2O2S/c1-15(2)11-13(9-6-10-14)18(16,17)12-7-4-3-5-8-12/h3-9,11H,1-2H3. The molecular formula is C13H14N2O2S. The highest BCUT2D eigenvalue weighted by Gasteiger charge is 2.18. The fraction of sp³-hybridized carbons (Fsp3) is 0.154. The van der Waals surface area contributed by atoms with E-state index in [1.807, 2.05) is 0 Å². The number of sulfone groups is 1. The molecule has 1 aromatic carbocycles. The van der Waals surface area contributed by atoms with Crippen molar-refractivity contribution < 1.29 is 8.42 Å². The summed E-state index contributed by atoms with van der Waals surface area (Å²) >= 11 is 0. The molecular weight excluding hydrogens is 248 g/mol. The van der Waals surface area contributed by atoms with Crippen LogP contribution in [0.5, 0.6) is 0 Å². The lowest BCUT2D eigenvalue weighted by atomic mass is 10.4. The second kappa shape index (κ2) is 6.03. The van der Waals surface area contributed by atoms with E-state index in [0.29, 0.717) is 0 Å². The van der Waals surface area contributed by atoms with E-state index in [0.717, 1.165) is 6.08 Å². The smallest absolute Gasteiger partial charge is 0.208 e. The number of hydrogen-bond donors (Lipinski definition) is 0. The molecule has 0 atom stereocenters. The molecule has 0 bridgehead atoms. The molecule has 4 nitrogen and oxygen atoms in total. The first-order valence-corrected chi connectivity index (χ1v) is 6.71. The minimum Gasteiger partial charge on any atom is -0.382 e. The van der Waals surface area contributed by atoms with Gasteiger partial charge >= 0.3 is 0 Å². The van der Waals surface area contributed by atoms with Crippen molar-refractivity contribution in [3.8, 4) is 6.07 Å². The van der Waals surface area contributed by atoms with Crippen molar-refractivity contribution >= 4 is 9.84 Å². The van der Waals surface area contributed by atoms with Crippen LogP contribution < -0.4 is 0 Å². The van der Waals surface area contributed by atoms with Crippen molar-refractivity contribution in [1.29, 1.82) is 5.26 Å². The number of nitrogens with zero attached hydrogens (tertiary/aromatic N) is 2. The Balaban J connectivity index is 3.31. The van der Waals surface area contributed by atoms with Gasteiger partial charge in [-0.1, -0.05) is 18.2 Å². The molecule has 0 radical (unpaired) electrons. The Morgan fingerprint density at radius 1 is 1.28 bits per heavy atom. The van der Waals surface area contributed by atoms with Gasteiger partial charge in [-0.3, -0.25) is 0 Å². The molecule has 0 amide bonds. The van der Waals surface area contributed by atoms with Crippen molar-refractivity contribution in [2.24, 2.45) is 0 Å². The van der Waals surface area contributed by atoms with Gasteiger partial charge in [0.2, 0.25) is 9.84 Å². The lowest BCUT2D eigenvalue weighted by molar-refractivity contribution is 0.559. The molecule has 0 heterocycles. The molecule has 0 saturated carbocycles. The van der Waals surface area contributed by atoms with Crippen molar-refractivity contribution in [2.45, 2.75) is 4.90 Å². The van der Waals surface area contributed by atoms with Gasteiger partial charge in [0.1, 0.15) is 0 Å². The maximum Gasteiger partial charge on any atom is 0.208 e. The fourth-order valence-corrected chi connectivity index (χ4v) is 2.70. The van der Waals surface area contributed by atoms with Gasteiger partial charge in [-0.15, -0.1) is 0 Å². The van der Waals surface area contributed by atoms with Crippen LogP contribution in [0.2, 0.25) is 0 Å². The molecule has 1 rings (SSSR count). The zero-order chi connectivity index (χ0) is 13.6. The van der Waals surface area contributed by atoms with Crippen LogP contribution >= 0.6 is 0 Å². The van der Waals surface area contributed by atoms with Crippen LogP contribution in [0, 0.1) is 11.3 Å². The van der Waals surface area contributed by atoms with E-state index in [1.54, 1.807) is 43.3 Å². The van der Waals surface area contributed by atoms with E-state index in [-0.39, 0.29) is 9.80 Å². The molecule has 94 valence electrons. The Morgan fingerprint density at radius 3 is 2.39 bits per heavy atom. The van der Waals surface area contributed by atoms with Crippen molar-refractivity contribution in [3.63, 3.8) is 0 Å². The Labute approximate surface area is 107 Å². The fourth-order valence-electron chi connectivity index (χ4n) is 1.31. The first-order chi connectivity index (χ1) is 8.48. The number of hydrogen-bond acceptors (Lipinski definition) is 4. The lowest BCUT2D eigenvalue weighted by Crippen LogP contribution is -2.09. The predicted molar refractivity (Wildman–Crippen MR) is 70.2 cm³/mol. The highest BCUT2D eigenvalue weighted by atomic mass is 32.2. The molecule has 0 aliphatic rings. The summed E-state index contributed by atoms with van der Waals surface area (Å²) < 4.78 is 24.6. The molecule has 18 heavy (non-hydrogen) atoms. The van der Waals surface area contributed by atoms with Gasteiger partial charge < -0.3 is 4.90 Å². The van der Waals surface area contributed by atoms with Gasteiger partial charge in [0, 0.05) is 26.4 Å². The summed E-state index contributed by atoms with van der Waals surface area (Å²) in [4.78, 5) is 1.92. The van der Waals surface area contributed by atoms with Crippen molar-refractivity contribution in [3.05, 3.63) is 53.6 Å². The summed E-state index contributed by atoms with van der Waals surface area (Å²) in [7, 11) is -0.141. The zero-order valence-corrected chi connectivity index (χ0v) is 11.1. The van der Waals surface area contributed by atoms with Gasteiger partial charge in [0.25, 0.3) is 0 Å². The van der Waals surface area contributed by atoms with Gasteiger partial charge in [0.05, 0.1) is 15.9 Å². The molecule has 0 N–H and O–H groups in total. The topological polar surface area (TPSA) is 61.2 Å². The zero-order valence-electron chi connectivity index (χ0n) is 10.2. The van der Waals surface area contributed by atoms with Crippen LogP contribution in [0.1, 0.15) is 0 Å². The molecule has 0 aliphatic carbocycles. The molecule has 0 unspecified atom stereocenters. The summed E-state index contributed by atoms with van der Waals surface area (Å²) in [5.41, 5.74) is 0. The van der Waals surface area contributed by atoms with Gasteiger partial charge in [-0.25, -0.2) is 8.42 Å². The quantitative estimate of drug-likeness (QED) is 0.614. The Kier molecular flexibility index (Phi) is 4.69. The van der Waals surface area contributed by atoms with E-state index in [4.69, 9.17) is 5.26 Å². The highest BCUT2D eigenvalue weighted by Crippen LogP contribution is 2.20. The maximum absolute atomic E-state index is 12.3. The normalized spacial score (nSPS) is 12.4. The number of rotatable bonds is 4. The Hall–Kier alpha value is -2.06. The van der Waals surface area contributed by atoms with Crippen LogP contribution in [0.15, 0.2) is 58.5 Å². The van der Waals surface area contributed by atoms with E-state index in [9.17, 15) is 8.42 Å². The number of benzene rings is 1. The Bertz CT molecular complexity index is 594. The largest absolute Gasteiger partial charge is 0.382 e. The monoisotopic (exact) mass is 262 g/mol. The third kappa shape index (κ3) is 3.47. The lowest BCUT2D eigenvalue weighted by Gasteiger charge is -2.09. The molecule has 0 saturated heterocycles. The van der Waals surface area contributed by atoms with Crippen molar-refractivity contribution in [2.75, 3.05) is 14.1 Å². The van der Waals surface area contributed by atoms with Gasteiger partial charge in [0.15, 0.2) is 0 Å². The van der Waals surface area contributed by atoms with E-state index in [2.05, 4.69) is 0 Å². The first-order valence-electron chi connectivity index (χ1n) is 5.23.